The molecule has 2 aromatic carbocycles. The van der Waals surface area contributed by atoms with Crippen molar-refractivity contribution in [3.63, 3.8) is 0 Å². The number of halogens is 1. The Morgan fingerprint density at radius 2 is 1.59 bits per heavy atom. The highest BCUT2D eigenvalue weighted by atomic mass is 19.1. The maximum absolute atomic E-state index is 13.1. The predicted molar refractivity (Wildman–Crippen MR) is 102 cm³/mol. The second kappa shape index (κ2) is 7.14. The molecule has 0 radical (unpaired) electrons. The highest BCUT2D eigenvalue weighted by Gasteiger charge is 2.51. The molecule has 4 rings (SSSR count). The summed E-state index contributed by atoms with van der Waals surface area (Å²) in [6.07, 6.45) is 4.12. The van der Waals surface area contributed by atoms with Crippen LogP contribution in [0, 0.1) is 5.82 Å². The van der Waals surface area contributed by atoms with Gasteiger partial charge < -0.3 is 10.2 Å². The van der Waals surface area contributed by atoms with Gasteiger partial charge >= 0.3 is 0 Å². The van der Waals surface area contributed by atoms with E-state index in [1.54, 1.807) is 12.1 Å². The monoisotopic (exact) mass is 366 g/mol. The van der Waals surface area contributed by atoms with E-state index in [1.165, 1.54) is 12.1 Å². The first-order valence-electron chi connectivity index (χ1n) is 9.51. The van der Waals surface area contributed by atoms with Crippen LogP contribution in [0.15, 0.2) is 48.5 Å². The lowest BCUT2D eigenvalue weighted by Gasteiger charge is -2.17. The number of carbonyl (C=O) groups is 2. The zero-order valence-corrected chi connectivity index (χ0v) is 15.2. The highest BCUT2D eigenvalue weighted by Crippen LogP contribution is 2.49. The van der Waals surface area contributed by atoms with Crippen molar-refractivity contribution < 1.29 is 14.0 Å². The summed E-state index contributed by atoms with van der Waals surface area (Å²) in [6, 6.07) is 13.6. The van der Waals surface area contributed by atoms with Gasteiger partial charge in [-0.25, -0.2) is 4.39 Å². The minimum absolute atomic E-state index is 0.0602. The third-order valence-corrected chi connectivity index (χ3v) is 5.61. The van der Waals surface area contributed by atoms with Crippen molar-refractivity contribution in [1.82, 2.24) is 4.90 Å². The summed E-state index contributed by atoms with van der Waals surface area (Å²) in [6.45, 7) is 1.72. The summed E-state index contributed by atoms with van der Waals surface area (Å²) >= 11 is 0. The van der Waals surface area contributed by atoms with Crippen LogP contribution in [0.1, 0.15) is 36.8 Å². The number of benzene rings is 2. The van der Waals surface area contributed by atoms with Crippen molar-refractivity contribution in [2.45, 2.75) is 37.5 Å². The molecule has 1 aliphatic carbocycles. The molecule has 0 spiro atoms. The summed E-state index contributed by atoms with van der Waals surface area (Å²) < 4.78 is 13.1. The molecule has 1 aliphatic heterocycles. The van der Waals surface area contributed by atoms with E-state index in [9.17, 15) is 14.0 Å². The second-order valence-corrected chi connectivity index (χ2v) is 7.50. The minimum Gasteiger partial charge on any atom is -0.342 e. The number of likely N-dealkylation sites (tertiary alicyclic amines) is 1. The first kappa shape index (κ1) is 17.7. The van der Waals surface area contributed by atoms with E-state index in [-0.39, 0.29) is 17.6 Å². The molecule has 0 bridgehead atoms. The molecule has 1 N–H and O–H groups in total. The Kier molecular flexibility index (Phi) is 4.68. The van der Waals surface area contributed by atoms with E-state index >= 15 is 0 Å². The topological polar surface area (TPSA) is 49.4 Å². The third kappa shape index (κ3) is 3.72. The molecule has 4 nitrogen and oxygen atoms in total. The normalized spacial score (nSPS) is 17.6. The quantitative estimate of drug-likeness (QED) is 0.878. The van der Waals surface area contributed by atoms with Gasteiger partial charge in [-0.05, 0) is 61.1 Å². The van der Waals surface area contributed by atoms with Crippen LogP contribution in [0.4, 0.5) is 10.1 Å². The third-order valence-electron chi connectivity index (χ3n) is 5.61. The van der Waals surface area contributed by atoms with Gasteiger partial charge in [0.1, 0.15) is 5.82 Å². The zero-order chi connectivity index (χ0) is 18.9. The van der Waals surface area contributed by atoms with E-state index in [0.29, 0.717) is 12.1 Å². The largest absolute Gasteiger partial charge is 0.342 e. The number of nitrogens with zero attached hydrogens (tertiary/aromatic N) is 1. The van der Waals surface area contributed by atoms with Crippen molar-refractivity contribution in [3.8, 4) is 0 Å². The van der Waals surface area contributed by atoms with Gasteiger partial charge in [-0.15, -0.1) is 0 Å². The van der Waals surface area contributed by atoms with Crippen LogP contribution in [0.25, 0.3) is 0 Å². The van der Waals surface area contributed by atoms with Gasteiger partial charge in [0.05, 0.1) is 11.8 Å². The lowest BCUT2D eigenvalue weighted by atomic mass is 9.95. The van der Waals surface area contributed by atoms with Crippen LogP contribution in [-0.2, 0) is 21.4 Å². The van der Waals surface area contributed by atoms with Crippen molar-refractivity contribution in [1.29, 1.82) is 0 Å². The van der Waals surface area contributed by atoms with Crippen LogP contribution in [0.5, 0.6) is 0 Å². The fourth-order valence-electron chi connectivity index (χ4n) is 3.75. The lowest BCUT2D eigenvalue weighted by Crippen LogP contribution is -2.29. The van der Waals surface area contributed by atoms with Crippen molar-refractivity contribution in [2.75, 3.05) is 18.4 Å². The molecule has 2 aromatic rings. The van der Waals surface area contributed by atoms with Gasteiger partial charge in [0, 0.05) is 18.8 Å². The number of amides is 2. The van der Waals surface area contributed by atoms with Crippen LogP contribution < -0.4 is 5.32 Å². The van der Waals surface area contributed by atoms with E-state index in [4.69, 9.17) is 0 Å². The van der Waals surface area contributed by atoms with Gasteiger partial charge in [0.25, 0.3) is 0 Å². The first-order valence-corrected chi connectivity index (χ1v) is 9.51. The fraction of sp³-hybridized carbons (Fsp3) is 0.364. The zero-order valence-electron chi connectivity index (χ0n) is 15.2. The van der Waals surface area contributed by atoms with Gasteiger partial charge in [0.15, 0.2) is 0 Å². The molecule has 27 heavy (non-hydrogen) atoms. The Morgan fingerprint density at radius 1 is 0.963 bits per heavy atom. The molecule has 1 heterocycles. The number of carbonyl (C=O) groups excluding carboxylic acids is 2. The Labute approximate surface area is 158 Å². The number of hydrogen-bond acceptors (Lipinski definition) is 2. The molecular weight excluding hydrogens is 343 g/mol. The van der Waals surface area contributed by atoms with Crippen molar-refractivity contribution in [2.24, 2.45) is 0 Å². The Bertz CT molecular complexity index is 836. The van der Waals surface area contributed by atoms with E-state index < -0.39 is 5.41 Å². The Morgan fingerprint density at radius 3 is 2.19 bits per heavy atom. The second-order valence-electron chi connectivity index (χ2n) is 7.50. The van der Waals surface area contributed by atoms with Crippen LogP contribution in [0.3, 0.4) is 0 Å². The molecule has 0 unspecified atom stereocenters. The van der Waals surface area contributed by atoms with Crippen molar-refractivity contribution in [3.05, 3.63) is 65.5 Å². The lowest BCUT2D eigenvalue weighted by molar-refractivity contribution is -0.129. The van der Waals surface area contributed by atoms with Gasteiger partial charge in [-0.1, -0.05) is 24.3 Å². The maximum Gasteiger partial charge on any atom is 0.235 e. The highest BCUT2D eigenvalue weighted by molar-refractivity contribution is 6.01. The van der Waals surface area contributed by atoms with Crippen LogP contribution >= 0.6 is 0 Å². The predicted octanol–water partition coefficient (Wildman–Crippen LogP) is 3.66. The average Bonchev–Trinajstić information content (AvgIpc) is 3.30. The molecular formula is C22H23FN2O2. The summed E-state index contributed by atoms with van der Waals surface area (Å²) in [5, 5.41) is 2.97. The summed E-state index contributed by atoms with van der Waals surface area (Å²) in [5.74, 6) is -0.193. The number of hydrogen-bond donors (Lipinski definition) is 1. The van der Waals surface area contributed by atoms with Gasteiger partial charge in [0.2, 0.25) is 11.8 Å². The van der Waals surface area contributed by atoms with Crippen molar-refractivity contribution >= 4 is 17.5 Å². The van der Waals surface area contributed by atoms with E-state index in [0.717, 1.165) is 49.9 Å². The Hall–Kier alpha value is -2.69. The Balaban J connectivity index is 1.39. The molecule has 1 saturated carbocycles. The maximum atomic E-state index is 13.1. The molecule has 1 saturated heterocycles. The number of anilines is 1. The fourth-order valence-corrected chi connectivity index (χ4v) is 3.75. The molecule has 2 amide bonds. The van der Waals surface area contributed by atoms with Gasteiger partial charge in [-0.2, -0.15) is 0 Å². The molecule has 0 atom stereocenters. The number of nitrogens with one attached hydrogen (secondary N) is 1. The molecule has 0 aromatic heterocycles. The average molecular weight is 366 g/mol. The van der Waals surface area contributed by atoms with Gasteiger partial charge in [-0.3, -0.25) is 9.59 Å². The molecule has 5 heteroatoms. The first-order chi connectivity index (χ1) is 13.1. The summed E-state index contributed by atoms with van der Waals surface area (Å²) in [7, 11) is 0. The SMILES string of the molecule is O=C(Cc1ccc(NC(=O)C2(c3ccc(F)cc3)CC2)cc1)N1CCCC1. The summed E-state index contributed by atoms with van der Waals surface area (Å²) in [5.41, 5.74) is 1.97. The molecule has 2 aliphatic rings. The standard InChI is InChI=1S/C22H23FN2O2/c23-18-7-5-17(6-8-18)22(11-12-22)21(27)24-19-9-3-16(4-10-19)15-20(26)25-13-1-2-14-25/h3-10H,1-2,11-15H2,(H,24,27). The van der Waals surface area contributed by atoms with Crippen LogP contribution in [0.2, 0.25) is 0 Å². The van der Waals surface area contributed by atoms with Crippen LogP contribution in [-0.4, -0.2) is 29.8 Å². The smallest absolute Gasteiger partial charge is 0.235 e. The molecule has 2 fully saturated rings. The number of rotatable bonds is 5. The minimum atomic E-state index is -0.544. The molecule has 140 valence electrons. The van der Waals surface area contributed by atoms with E-state index in [2.05, 4.69) is 5.32 Å². The van der Waals surface area contributed by atoms with E-state index in [1.807, 2.05) is 29.2 Å². The summed E-state index contributed by atoms with van der Waals surface area (Å²) in [4.78, 5) is 26.9.